The minimum atomic E-state index is -0.902. The Bertz CT molecular complexity index is 839. The van der Waals surface area contributed by atoms with Gasteiger partial charge in [0.25, 0.3) is 0 Å². The van der Waals surface area contributed by atoms with Crippen molar-refractivity contribution in [2.75, 3.05) is 19.9 Å². The number of amides is 1. The topological polar surface area (TPSA) is 89.0 Å². The third-order valence-corrected chi connectivity index (χ3v) is 4.87. The van der Waals surface area contributed by atoms with Crippen LogP contribution >= 0.6 is 0 Å². The number of pyridine rings is 1. The van der Waals surface area contributed by atoms with Crippen LogP contribution in [0.4, 0.5) is 0 Å². The van der Waals surface area contributed by atoms with E-state index in [2.05, 4.69) is 4.98 Å². The predicted molar refractivity (Wildman–Crippen MR) is 91.0 cm³/mol. The number of carbonyl (C=O) groups is 2. The van der Waals surface area contributed by atoms with Crippen LogP contribution in [0.2, 0.25) is 0 Å². The van der Waals surface area contributed by atoms with Gasteiger partial charge in [-0.2, -0.15) is 0 Å². The summed E-state index contributed by atoms with van der Waals surface area (Å²) in [5, 5.41) is 9.62. The molecule has 2 aliphatic heterocycles. The molecule has 7 heteroatoms. The van der Waals surface area contributed by atoms with Crippen LogP contribution in [0.25, 0.3) is 0 Å². The number of likely N-dealkylation sites (tertiary alicyclic amines) is 1. The largest absolute Gasteiger partial charge is 0.481 e. The highest BCUT2D eigenvalue weighted by atomic mass is 16.7. The number of ether oxygens (including phenoxy) is 2. The van der Waals surface area contributed by atoms with Gasteiger partial charge in [-0.05, 0) is 29.8 Å². The van der Waals surface area contributed by atoms with Gasteiger partial charge in [0.1, 0.15) is 0 Å². The van der Waals surface area contributed by atoms with Crippen LogP contribution in [0, 0.1) is 5.92 Å². The fourth-order valence-corrected chi connectivity index (χ4v) is 3.51. The molecule has 0 saturated carbocycles. The summed E-state index contributed by atoms with van der Waals surface area (Å²) in [6.45, 7) is 0.725. The van der Waals surface area contributed by atoms with Gasteiger partial charge in [0, 0.05) is 30.9 Å². The number of hydrogen-bond donors (Lipinski definition) is 1. The lowest BCUT2D eigenvalue weighted by molar-refractivity contribution is -0.141. The highest BCUT2D eigenvalue weighted by Gasteiger charge is 2.40. The number of aromatic nitrogens is 1. The van der Waals surface area contributed by atoms with Gasteiger partial charge in [-0.1, -0.05) is 12.1 Å². The fourth-order valence-electron chi connectivity index (χ4n) is 3.51. The molecule has 1 N–H and O–H groups in total. The summed E-state index contributed by atoms with van der Waals surface area (Å²) in [7, 11) is 0. The van der Waals surface area contributed by atoms with Crippen LogP contribution in [-0.2, 0) is 16.0 Å². The number of carboxylic acid groups (broad SMARTS) is 1. The minimum Gasteiger partial charge on any atom is -0.481 e. The van der Waals surface area contributed by atoms with Crippen LogP contribution < -0.4 is 9.47 Å². The third-order valence-electron chi connectivity index (χ3n) is 4.87. The highest BCUT2D eigenvalue weighted by Crippen LogP contribution is 2.39. The summed E-state index contributed by atoms with van der Waals surface area (Å²) in [5.41, 5.74) is 1.52. The molecule has 0 unspecified atom stereocenters. The summed E-state index contributed by atoms with van der Waals surface area (Å²) < 4.78 is 10.7. The quantitative estimate of drug-likeness (QED) is 0.899. The second-order valence-corrected chi connectivity index (χ2v) is 6.46. The molecule has 0 aliphatic carbocycles. The number of aliphatic carboxylic acids is 1. The number of rotatable bonds is 4. The maximum Gasteiger partial charge on any atom is 0.308 e. The number of carbonyl (C=O) groups excluding carboxylic acids is 1. The van der Waals surface area contributed by atoms with Crippen molar-refractivity contribution in [3.63, 3.8) is 0 Å². The van der Waals surface area contributed by atoms with Gasteiger partial charge in [0.2, 0.25) is 12.7 Å². The summed E-state index contributed by atoms with van der Waals surface area (Å²) in [6.07, 6.45) is 1.81. The number of hydrogen-bond acceptors (Lipinski definition) is 5. The van der Waals surface area contributed by atoms with Crippen LogP contribution in [0.3, 0.4) is 0 Å². The molecule has 0 radical (unpaired) electrons. The Morgan fingerprint density at radius 1 is 1.15 bits per heavy atom. The fraction of sp³-hybridized carbons (Fsp3) is 0.316. The number of carboxylic acids is 1. The molecule has 26 heavy (non-hydrogen) atoms. The van der Waals surface area contributed by atoms with Gasteiger partial charge >= 0.3 is 5.97 Å². The van der Waals surface area contributed by atoms with Crippen molar-refractivity contribution in [3.8, 4) is 11.5 Å². The molecule has 1 amide bonds. The van der Waals surface area contributed by atoms with E-state index in [4.69, 9.17) is 9.47 Å². The molecule has 4 rings (SSSR count). The average Bonchev–Trinajstić information content (AvgIpc) is 3.29. The van der Waals surface area contributed by atoms with Crippen molar-refractivity contribution in [2.24, 2.45) is 5.92 Å². The molecule has 0 bridgehead atoms. The van der Waals surface area contributed by atoms with Crippen LogP contribution in [0.5, 0.6) is 11.5 Å². The standard InChI is InChI=1S/C19H18N2O5/c22-18(8-13-3-1-2-6-20-13)21-9-14(15(10-21)19(23)24)12-4-5-16-17(7-12)26-11-25-16/h1-7,14-15H,8-11H2,(H,23,24)/t14-,15+/m0/s1. The van der Waals surface area contributed by atoms with E-state index >= 15 is 0 Å². The van der Waals surface area contributed by atoms with Gasteiger partial charge in [-0.25, -0.2) is 0 Å². The van der Waals surface area contributed by atoms with E-state index in [-0.39, 0.29) is 31.6 Å². The normalized spacial score (nSPS) is 21.0. The van der Waals surface area contributed by atoms with Crippen LogP contribution in [0.15, 0.2) is 42.6 Å². The van der Waals surface area contributed by atoms with E-state index in [1.54, 1.807) is 29.3 Å². The molecule has 2 aromatic rings. The Labute approximate surface area is 150 Å². The van der Waals surface area contributed by atoms with Crippen molar-refractivity contribution < 1.29 is 24.2 Å². The Balaban J connectivity index is 1.53. The Hall–Kier alpha value is -3.09. The maximum atomic E-state index is 12.6. The lowest BCUT2D eigenvalue weighted by Crippen LogP contribution is -2.31. The lowest BCUT2D eigenvalue weighted by Gasteiger charge is -2.16. The van der Waals surface area contributed by atoms with E-state index < -0.39 is 11.9 Å². The summed E-state index contributed by atoms with van der Waals surface area (Å²) in [5.74, 6) is -0.677. The second-order valence-electron chi connectivity index (χ2n) is 6.46. The first-order valence-electron chi connectivity index (χ1n) is 8.42. The maximum absolute atomic E-state index is 12.6. The van der Waals surface area contributed by atoms with Gasteiger partial charge < -0.3 is 19.5 Å². The molecule has 2 atom stereocenters. The zero-order valence-electron chi connectivity index (χ0n) is 14.0. The zero-order valence-corrected chi connectivity index (χ0v) is 14.0. The summed E-state index contributed by atoms with van der Waals surface area (Å²) in [6, 6.07) is 10.9. The number of nitrogens with zero attached hydrogens (tertiary/aromatic N) is 2. The van der Waals surface area contributed by atoms with E-state index in [9.17, 15) is 14.7 Å². The molecular weight excluding hydrogens is 336 g/mol. The SMILES string of the molecule is O=C(O)[C@@H]1CN(C(=O)Cc2ccccn2)C[C@H]1c1ccc2c(c1)OCO2. The Morgan fingerprint density at radius 2 is 2.00 bits per heavy atom. The van der Waals surface area contributed by atoms with Gasteiger partial charge in [-0.3, -0.25) is 14.6 Å². The zero-order chi connectivity index (χ0) is 18.1. The first kappa shape index (κ1) is 16.4. The van der Waals surface area contributed by atoms with Crippen molar-refractivity contribution >= 4 is 11.9 Å². The predicted octanol–water partition coefficient (Wildman–Crippen LogP) is 1.68. The van der Waals surface area contributed by atoms with Gasteiger partial charge in [0.05, 0.1) is 12.3 Å². The first-order valence-corrected chi connectivity index (χ1v) is 8.42. The summed E-state index contributed by atoms with van der Waals surface area (Å²) in [4.78, 5) is 30.1. The molecule has 3 heterocycles. The minimum absolute atomic E-state index is 0.113. The molecule has 0 spiro atoms. The average molecular weight is 354 g/mol. The number of benzene rings is 1. The molecule has 1 aromatic heterocycles. The van der Waals surface area contributed by atoms with E-state index in [0.717, 1.165) is 5.56 Å². The molecule has 134 valence electrons. The smallest absolute Gasteiger partial charge is 0.308 e. The Morgan fingerprint density at radius 3 is 2.77 bits per heavy atom. The van der Waals surface area contributed by atoms with Crippen molar-refractivity contribution in [2.45, 2.75) is 12.3 Å². The second kappa shape index (κ2) is 6.67. The van der Waals surface area contributed by atoms with Crippen molar-refractivity contribution in [3.05, 3.63) is 53.9 Å². The molecule has 1 saturated heterocycles. The molecule has 2 aliphatic rings. The van der Waals surface area contributed by atoms with Crippen molar-refractivity contribution in [1.82, 2.24) is 9.88 Å². The first-order chi connectivity index (χ1) is 12.6. The van der Waals surface area contributed by atoms with Crippen molar-refractivity contribution in [1.29, 1.82) is 0 Å². The summed E-state index contributed by atoms with van der Waals surface area (Å²) >= 11 is 0. The van der Waals surface area contributed by atoms with Crippen LogP contribution in [-0.4, -0.2) is 46.7 Å². The Kier molecular flexibility index (Phi) is 4.20. The molecular formula is C19H18N2O5. The van der Waals surface area contributed by atoms with Crippen LogP contribution in [0.1, 0.15) is 17.2 Å². The molecule has 1 aromatic carbocycles. The molecule has 7 nitrogen and oxygen atoms in total. The lowest BCUT2D eigenvalue weighted by atomic mass is 9.89. The van der Waals surface area contributed by atoms with E-state index in [1.165, 1.54) is 0 Å². The van der Waals surface area contributed by atoms with Gasteiger partial charge in [-0.15, -0.1) is 0 Å². The highest BCUT2D eigenvalue weighted by molar-refractivity contribution is 5.81. The van der Waals surface area contributed by atoms with E-state index in [0.29, 0.717) is 23.7 Å². The van der Waals surface area contributed by atoms with Gasteiger partial charge in [0.15, 0.2) is 11.5 Å². The third kappa shape index (κ3) is 3.08. The van der Waals surface area contributed by atoms with E-state index in [1.807, 2.05) is 18.2 Å². The monoisotopic (exact) mass is 354 g/mol. The molecule has 1 fully saturated rings. The number of fused-ring (bicyclic) bond motifs is 1.